The van der Waals surface area contributed by atoms with E-state index in [0.29, 0.717) is 5.92 Å². The van der Waals surface area contributed by atoms with E-state index in [1.165, 1.54) is 12.1 Å². The molecule has 19 heavy (non-hydrogen) atoms. The molecule has 6 heteroatoms. The Morgan fingerprint density at radius 2 is 1.79 bits per heavy atom. The molecule has 0 amide bonds. The van der Waals surface area contributed by atoms with Crippen molar-refractivity contribution in [1.29, 1.82) is 0 Å². The van der Waals surface area contributed by atoms with Gasteiger partial charge in [0.25, 0.3) is 0 Å². The van der Waals surface area contributed by atoms with Gasteiger partial charge in [-0.15, -0.1) is 13.2 Å². The van der Waals surface area contributed by atoms with Gasteiger partial charge in [0.1, 0.15) is 5.75 Å². The van der Waals surface area contributed by atoms with E-state index in [1.54, 1.807) is 23.0 Å². The Morgan fingerprint density at radius 1 is 1.11 bits per heavy atom. The van der Waals surface area contributed by atoms with Crippen LogP contribution in [0, 0.1) is 0 Å². The molecule has 1 aromatic heterocycles. The molecule has 3 rings (SSSR count). The molecule has 0 radical (unpaired) electrons. The third-order valence-electron chi connectivity index (χ3n) is 2.98. The van der Waals surface area contributed by atoms with E-state index in [1.807, 2.05) is 6.07 Å². The molecule has 0 N–H and O–H groups in total. The van der Waals surface area contributed by atoms with Crippen LogP contribution >= 0.6 is 0 Å². The summed E-state index contributed by atoms with van der Waals surface area (Å²) in [5.41, 5.74) is 1.84. The smallest absolute Gasteiger partial charge is 0.406 e. The van der Waals surface area contributed by atoms with Crippen LogP contribution in [0.1, 0.15) is 24.5 Å². The topological polar surface area (TPSA) is 27.1 Å². The Labute approximate surface area is 107 Å². The fraction of sp³-hybridized carbons (Fsp3) is 0.308. The van der Waals surface area contributed by atoms with Crippen LogP contribution in [0.2, 0.25) is 0 Å². The average Bonchev–Trinajstić information content (AvgIpc) is 3.06. The lowest BCUT2D eigenvalue weighted by atomic mass is 10.2. The van der Waals surface area contributed by atoms with Gasteiger partial charge in [0.15, 0.2) is 0 Å². The summed E-state index contributed by atoms with van der Waals surface area (Å²) in [5.74, 6) is 0.296. The van der Waals surface area contributed by atoms with Crippen LogP contribution in [0.4, 0.5) is 13.2 Å². The number of rotatable bonds is 3. The predicted octanol–water partition coefficient (Wildman–Crippen LogP) is 3.65. The quantitative estimate of drug-likeness (QED) is 0.849. The lowest BCUT2D eigenvalue weighted by molar-refractivity contribution is -0.274. The molecular weight excluding hydrogens is 257 g/mol. The highest BCUT2D eigenvalue weighted by Gasteiger charge is 2.31. The van der Waals surface area contributed by atoms with Crippen LogP contribution in [0.25, 0.3) is 5.69 Å². The maximum atomic E-state index is 12.1. The van der Waals surface area contributed by atoms with Crippen molar-refractivity contribution in [2.24, 2.45) is 0 Å². The minimum atomic E-state index is -4.66. The number of halogens is 3. The van der Waals surface area contributed by atoms with Crippen LogP contribution in [-0.4, -0.2) is 16.1 Å². The van der Waals surface area contributed by atoms with Gasteiger partial charge in [-0.2, -0.15) is 5.10 Å². The average molecular weight is 268 g/mol. The first-order valence-corrected chi connectivity index (χ1v) is 5.93. The van der Waals surface area contributed by atoms with Crippen molar-refractivity contribution in [2.45, 2.75) is 25.1 Å². The maximum Gasteiger partial charge on any atom is 0.573 e. The second-order valence-corrected chi connectivity index (χ2v) is 4.48. The van der Waals surface area contributed by atoms with Crippen LogP contribution < -0.4 is 4.74 Å². The number of hydrogen-bond acceptors (Lipinski definition) is 2. The molecule has 0 unspecified atom stereocenters. The van der Waals surface area contributed by atoms with Crippen molar-refractivity contribution in [3.63, 3.8) is 0 Å². The summed E-state index contributed by atoms with van der Waals surface area (Å²) >= 11 is 0. The van der Waals surface area contributed by atoms with Crippen LogP contribution in [0.3, 0.4) is 0 Å². The Morgan fingerprint density at radius 3 is 2.37 bits per heavy atom. The van der Waals surface area contributed by atoms with Crippen molar-refractivity contribution < 1.29 is 17.9 Å². The zero-order valence-electron chi connectivity index (χ0n) is 9.89. The van der Waals surface area contributed by atoms with Crippen molar-refractivity contribution in [3.05, 3.63) is 42.2 Å². The van der Waals surface area contributed by atoms with Gasteiger partial charge in [-0.1, -0.05) is 0 Å². The minimum Gasteiger partial charge on any atom is -0.406 e. The highest BCUT2D eigenvalue weighted by molar-refractivity contribution is 5.39. The Balaban J connectivity index is 1.84. The van der Waals surface area contributed by atoms with Crippen molar-refractivity contribution in [1.82, 2.24) is 9.78 Å². The van der Waals surface area contributed by atoms with Gasteiger partial charge in [-0.3, -0.25) is 0 Å². The first-order valence-electron chi connectivity index (χ1n) is 5.93. The summed E-state index contributed by atoms with van der Waals surface area (Å²) < 4.78 is 41.8. The van der Waals surface area contributed by atoms with E-state index >= 15 is 0 Å². The number of ether oxygens (including phenoxy) is 1. The number of nitrogens with zero attached hydrogens (tertiary/aromatic N) is 2. The highest BCUT2D eigenvalue weighted by Crippen LogP contribution is 2.40. The van der Waals surface area contributed by atoms with E-state index in [-0.39, 0.29) is 5.75 Å². The molecular formula is C13H11F3N2O. The molecule has 1 heterocycles. The van der Waals surface area contributed by atoms with Gasteiger partial charge < -0.3 is 4.74 Å². The fourth-order valence-electron chi connectivity index (χ4n) is 2.01. The van der Waals surface area contributed by atoms with Gasteiger partial charge in [0.2, 0.25) is 0 Å². The van der Waals surface area contributed by atoms with E-state index < -0.39 is 6.36 Å². The monoisotopic (exact) mass is 268 g/mol. The molecule has 1 saturated carbocycles. The number of hydrogen-bond donors (Lipinski definition) is 0. The summed E-state index contributed by atoms with van der Waals surface area (Å²) in [6.07, 6.45) is -0.678. The summed E-state index contributed by atoms with van der Waals surface area (Å²) in [6, 6.07) is 7.67. The van der Waals surface area contributed by atoms with Gasteiger partial charge in [-0.05, 0) is 43.2 Å². The number of aromatic nitrogens is 2. The molecule has 2 aromatic rings. The Bertz CT molecular complexity index is 570. The standard InChI is InChI=1S/C13H11F3N2O/c14-13(15,16)19-11-5-3-10(4-6-11)18-12(7-8-17-18)9-1-2-9/h3-9H,1-2H2. The van der Waals surface area contributed by atoms with E-state index in [9.17, 15) is 13.2 Å². The molecule has 1 aliphatic rings. The first kappa shape index (κ1) is 12.1. The lowest BCUT2D eigenvalue weighted by Gasteiger charge is -2.10. The van der Waals surface area contributed by atoms with Gasteiger partial charge in [0.05, 0.1) is 5.69 Å². The maximum absolute atomic E-state index is 12.1. The second kappa shape index (κ2) is 4.29. The Hall–Kier alpha value is -1.98. The molecule has 100 valence electrons. The summed E-state index contributed by atoms with van der Waals surface area (Å²) in [5, 5.41) is 4.21. The van der Waals surface area contributed by atoms with Crippen LogP contribution in [-0.2, 0) is 0 Å². The second-order valence-electron chi connectivity index (χ2n) is 4.48. The summed E-state index contributed by atoms with van der Waals surface area (Å²) in [7, 11) is 0. The molecule has 3 nitrogen and oxygen atoms in total. The number of benzene rings is 1. The van der Waals surface area contributed by atoms with E-state index in [0.717, 1.165) is 24.2 Å². The predicted molar refractivity (Wildman–Crippen MR) is 62.2 cm³/mol. The highest BCUT2D eigenvalue weighted by atomic mass is 19.4. The van der Waals surface area contributed by atoms with Gasteiger partial charge in [-0.25, -0.2) is 4.68 Å². The van der Waals surface area contributed by atoms with Gasteiger partial charge >= 0.3 is 6.36 Å². The molecule has 1 aliphatic carbocycles. The largest absolute Gasteiger partial charge is 0.573 e. The fourth-order valence-corrected chi connectivity index (χ4v) is 2.01. The first-order chi connectivity index (χ1) is 9.03. The SMILES string of the molecule is FC(F)(F)Oc1ccc(-n2nccc2C2CC2)cc1. The Kier molecular flexibility index (Phi) is 2.73. The molecule has 1 aromatic carbocycles. The van der Waals surface area contributed by atoms with Crippen molar-refractivity contribution in [3.8, 4) is 11.4 Å². The molecule has 0 saturated heterocycles. The molecule has 0 spiro atoms. The third-order valence-corrected chi connectivity index (χ3v) is 2.98. The molecule has 0 aliphatic heterocycles. The summed E-state index contributed by atoms with van der Waals surface area (Å²) in [6.45, 7) is 0. The van der Waals surface area contributed by atoms with E-state index in [4.69, 9.17) is 0 Å². The molecule has 0 atom stereocenters. The van der Waals surface area contributed by atoms with Gasteiger partial charge in [0, 0.05) is 17.8 Å². The normalized spacial score (nSPS) is 15.5. The van der Waals surface area contributed by atoms with Crippen molar-refractivity contribution in [2.75, 3.05) is 0 Å². The van der Waals surface area contributed by atoms with Crippen LogP contribution in [0.5, 0.6) is 5.75 Å². The summed E-state index contributed by atoms with van der Waals surface area (Å²) in [4.78, 5) is 0. The van der Waals surface area contributed by atoms with Crippen LogP contribution in [0.15, 0.2) is 36.5 Å². The molecule has 1 fully saturated rings. The van der Waals surface area contributed by atoms with E-state index in [2.05, 4.69) is 9.84 Å². The molecule has 0 bridgehead atoms. The zero-order chi connectivity index (χ0) is 13.5. The number of alkyl halides is 3. The zero-order valence-corrected chi connectivity index (χ0v) is 9.89. The third kappa shape index (κ3) is 2.72. The lowest BCUT2D eigenvalue weighted by Crippen LogP contribution is -2.17. The van der Waals surface area contributed by atoms with Crippen molar-refractivity contribution >= 4 is 0 Å². The minimum absolute atomic E-state index is 0.226.